The van der Waals surface area contributed by atoms with Crippen LogP contribution in [0.1, 0.15) is 98.8 Å². The first kappa shape index (κ1) is 27.6. The van der Waals surface area contributed by atoms with Crippen molar-refractivity contribution in [1.82, 2.24) is 0 Å². The topological polar surface area (TPSA) is 74.6 Å². The van der Waals surface area contributed by atoms with Crippen molar-refractivity contribution in [3.8, 4) is 0 Å². The van der Waals surface area contributed by atoms with E-state index in [-0.39, 0.29) is 11.3 Å². The predicted molar refractivity (Wildman–Crippen MR) is 149 cm³/mol. The molecule has 5 rings (SSSR count). The highest BCUT2D eigenvalue weighted by atomic mass is 32.2. The fraction of sp³-hybridized carbons (Fsp3) is 0.812. The lowest BCUT2D eigenvalue weighted by atomic mass is 9.43. The molecule has 4 nitrogen and oxygen atoms in total. The van der Waals surface area contributed by atoms with Gasteiger partial charge >= 0.3 is 0 Å². The maximum Gasteiger partial charge on any atom is 0.181 e. The first-order valence-electron chi connectivity index (χ1n) is 15.0. The lowest BCUT2D eigenvalue weighted by Gasteiger charge is -2.62. The van der Waals surface area contributed by atoms with Crippen molar-refractivity contribution in [2.45, 2.75) is 121 Å². The van der Waals surface area contributed by atoms with Crippen molar-refractivity contribution in [3.63, 3.8) is 0 Å². The predicted octanol–water partition coefficient (Wildman–Crippen LogP) is 6.65. The Morgan fingerprint density at radius 1 is 0.892 bits per heavy atom. The summed E-state index contributed by atoms with van der Waals surface area (Å²) in [5.41, 5.74) is -0.00797. The highest BCUT2D eigenvalue weighted by Gasteiger charge is 2.62. The van der Waals surface area contributed by atoms with Gasteiger partial charge in [-0.2, -0.15) is 0 Å². The van der Waals surface area contributed by atoms with Crippen LogP contribution in [0.15, 0.2) is 35.2 Å². The standard InChI is InChI=1S/C32H50O4S/c1-21(33)19-29(37(35,36)24-9-7-6-8-10-24)22(2)26-13-14-27-25-12-11-23-20-30(3,34)17-18-31(23,4)28(25)15-16-32(26,27)5/h6-10,21-23,25-29,33-34H,11-20H2,1-5H3/t21-,22+,23+,25+,26-,27+,28+,29?,30+,31+,32-/m1/s1. The van der Waals surface area contributed by atoms with Crippen LogP contribution in [0.4, 0.5) is 0 Å². The molecule has 0 saturated heterocycles. The van der Waals surface area contributed by atoms with Crippen LogP contribution in [-0.2, 0) is 9.84 Å². The van der Waals surface area contributed by atoms with Gasteiger partial charge in [-0.3, -0.25) is 0 Å². The Labute approximate surface area is 225 Å². The number of aliphatic hydroxyl groups excluding tert-OH is 1. The van der Waals surface area contributed by atoms with Gasteiger partial charge in [-0.15, -0.1) is 0 Å². The third kappa shape index (κ3) is 4.63. The van der Waals surface area contributed by atoms with Gasteiger partial charge in [0.15, 0.2) is 9.84 Å². The minimum Gasteiger partial charge on any atom is -0.393 e. The van der Waals surface area contributed by atoms with E-state index in [9.17, 15) is 18.6 Å². The molecule has 4 fully saturated rings. The van der Waals surface area contributed by atoms with Crippen LogP contribution in [0.25, 0.3) is 0 Å². The lowest BCUT2D eigenvalue weighted by Crippen LogP contribution is -2.56. The maximum atomic E-state index is 13.9. The minimum atomic E-state index is -3.54. The molecule has 0 amide bonds. The van der Waals surface area contributed by atoms with Gasteiger partial charge in [0.2, 0.25) is 0 Å². The second-order valence-corrected chi connectivity index (χ2v) is 16.6. The smallest absolute Gasteiger partial charge is 0.181 e. The molecule has 0 heterocycles. The Morgan fingerprint density at radius 2 is 1.57 bits per heavy atom. The fourth-order valence-electron chi connectivity index (χ4n) is 10.3. The Bertz CT molecular complexity index is 1070. The van der Waals surface area contributed by atoms with Gasteiger partial charge < -0.3 is 10.2 Å². The molecule has 1 aromatic carbocycles. The molecule has 208 valence electrons. The summed E-state index contributed by atoms with van der Waals surface area (Å²) in [5.74, 6) is 3.10. The van der Waals surface area contributed by atoms with E-state index in [1.165, 1.54) is 32.1 Å². The summed E-state index contributed by atoms with van der Waals surface area (Å²) in [6.07, 6.45) is 9.87. The zero-order chi connectivity index (χ0) is 26.8. The molecule has 4 aliphatic carbocycles. The Morgan fingerprint density at radius 3 is 2.24 bits per heavy atom. The number of hydrogen-bond donors (Lipinski definition) is 2. The molecule has 0 aliphatic heterocycles. The van der Waals surface area contributed by atoms with E-state index in [0.29, 0.717) is 34.5 Å². The van der Waals surface area contributed by atoms with Crippen molar-refractivity contribution in [3.05, 3.63) is 30.3 Å². The Balaban J connectivity index is 1.41. The van der Waals surface area contributed by atoms with Gasteiger partial charge in [-0.25, -0.2) is 8.42 Å². The molecule has 5 heteroatoms. The Kier molecular flexibility index (Phi) is 7.19. The van der Waals surface area contributed by atoms with Crippen LogP contribution in [0.2, 0.25) is 0 Å². The van der Waals surface area contributed by atoms with Crippen molar-refractivity contribution < 1.29 is 18.6 Å². The van der Waals surface area contributed by atoms with Crippen molar-refractivity contribution in [1.29, 1.82) is 0 Å². The third-order valence-electron chi connectivity index (χ3n) is 12.3. The summed E-state index contributed by atoms with van der Waals surface area (Å²) in [7, 11) is -3.54. The number of benzene rings is 1. The molecule has 0 aromatic heterocycles. The van der Waals surface area contributed by atoms with Gasteiger partial charge in [0.1, 0.15) is 0 Å². The molecule has 4 saturated carbocycles. The fourth-order valence-corrected chi connectivity index (χ4v) is 12.5. The molecule has 11 atom stereocenters. The molecule has 37 heavy (non-hydrogen) atoms. The van der Waals surface area contributed by atoms with Crippen LogP contribution in [0, 0.1) is 46.3 Å². The lowest BCUT2D eigenvalue weighted by molar-refractivity contribution is -0.147. The molecule has 4 aliphatic rings. The second kappa shape index (κ2) is 9.63. The van der Waals surface area contributed by atoms with E-state index < -0.39 is 26.8 Å². The van der Waals surface area contributed by atoms with Crippen LogP contribution in [0.5, 0.6) is 0 Å². The highest BCUT2D eigenvalue weighted by Crippen LogP contribution is 2.69. The summed E-state index contributed by atoms with van der Waals surface area (Å²) >= 11 is 0. The molecule has 0 radical (unpaired) electrons. The average molecular weight is 531 g/mol. The van der Waals surface area contributed by atoms with E-state index in [2.05, 4.69) is 20.8 Å². The van der Waals surface area contributed by atoms with Crippen LogP contribution in [0.3, 0.4) is 0 Å². The number of aliphatic hydroxyl groups is 2. The van der Waals surface area contributed by atoms with E-state index >= 15 is 0 Å². The quantitative estimate of drug-likeness (QED) is 0.432. The molecule has 0 bridgehead atoms. The summed E-state index contributed by atoms with van der Waals surface area (Å²) < 4.78 is 27.8. The minimum absolute atomic E-state index is 0.00283. The van der Waals surface area contributed by atoms with Crippen LogP contribution >= 0.6 is 0 Å². The van der Waals surface area contributed by atoms with Gasteiger partial charge in [-0.1, -0.05) is 39.0 Å². The van der Waals surface area contributed by atoms with Gasteiger partial charge in [-0.05, 0) is 137 Å². The van der Waals surface area contributed by atoms with E-state index in [1.807, 2.05) is 13.0 Å². The number of sulfone groups is 1. The SMILES string of the molecule is C[C@H](C(C[C@@H](C)O)S(=O)(=O)c1ccccc1)[C@H]1CC[C@H]2[C@@H]3CC[C@H]4C[C@@](C)(O)CC[C@]4(C)[C@H]3CC[C@]12C. The summed E-state index contributed by atoms with van der Waals surface area (Å²) in [6.45, 7) is 10.9. The Hall–Kier alpha value is -0.910. The monoisotopic (exact) mass is 530 g/mol. The van der Waals surface area contributed by atoms with Crippen molar-refractivity contribution >= 4 is 9.84 Å². The number of hydrogen-bond acceptors (Lipinski definition) is 4. The highest BCUT2D eigenvalue weighted by molar-refractivity contribution is 7.92. The first-order valence-corrected chi connectivity index (χ1v) is 16.5. The third-order valence-corrected chi connectivity index (χ3v) is 14.6. The zero-order valence-electron chi connectivity index (χ0n) is 23.7. The van der Waals surface area contributed by atoms with E-state index in [0.717, 1.165) is 37.5 Å². The van der Waals surface area contributed by atoms with Crippen LogP contribution in [-0.4, -0.2) is 35.6 Å². The summed E-state index contributed by atoms with van der Waals surface area (Å²) in [6, 6.07) is 8.87. The van der Waals surface area contributed by atoms with Crippen LogP contribution < -0.4 is 0 Å². The summed E-state index contributed by atoms with van der Waals surface area (Å²) in [5, 5.41) is 20.6. The van der Waals surface area contributed by atoms with Crippen molar-refractivity contribution in [2.24, 2.45) is 46.3 Å². The molecule has 0 spiro atoms. The van der Waals surface area contributed by atoms with Gasteiger partial charge in [0, 0.05) is 0 Å². The molecular weight excluding hydrogens is 480 g/mol. The van der Waals surface area contributed by atoms with Gasteiger partial charge in [0.05, 0.1) is 21.9 Å². The van der Waals surface area contributed by atoms with E-state index in [4.69, 9.17) is 0 Å². The largest absolute Gasteiger partial charge is 0.393 e. The summed E-state index contributed by atoms with van der Waals surface area (Å²) in [4.78, 5) is 0.385. The van der Waals surface area contributed by atoms with Crippen molar-refractivity contribution in [2.75, 3.05) is 0 Å². The average Bonchev–Trinajstić information content (AvgIpc) is 3.20. The number of fused-ring (bicyclic) bond motifs is 5. The maximum absolute atomic E-state index is 13.9. The second-order valence-electron chi connectivity index (χ2n) is 14.4. The molecular formula is C32H50O4S. The molecule has 2 N–H and O–H groups in total. The normalized spacial score (nSPS) is 44.2. The number of rotatable bonds is 6. The zero-order valence-corrected chi connectivity index (χ0v) is 24.5. The van der Waals surface area contributed by atoms with E-state index in [1.54, 1.807) is 31.2 Å². The van der Waals surface area contributed by atoms with Gasteiger partial charge in [0.25, 0.3) is 0 Å². The molecule has 1 unspecified atom stereocenters. The molecule has 1 aromatic rings. The first-order chi connectivity index (χ1) is 17.3.